The summed E-state index contributed by atoms with van der Waals surface area (Å²) in [6.07, 6.45) is 9.40. The lowest BCUT2D eigenvalue weighted by Gasteiger charge is -2.36. The molecule has 2 saturated heterocycles. The topological polar surface area (TPSA) is 28.1 Å². The van der Waals surface area contributed by atoms with Crippen LogP contribution in [0.2, 0.25) is 0 Å². The van der Waals surface area contributed by atoms with Gasteiger partial charge < -0.3 is 9.64 Å². The number of fused-ring (bicyclic) bond motifs is 2. The number of nitrogens with zero attached hydrogens (tertiary/aromatic N) is 3. The Hall–Kier alpha value is -2.28. The summed E-state index contributed by atoms with van der Waals surface area (Å²) < 4.78 is 46.3. The van der Waals surface area contributed by atoms with Gasteiger partial charge in [-0.1, -0.05) is 13.8 Å². The largest absolute Gasteiger partial charge is 0.493 e. The van der Waals surface area contributed by atoms with E-state index in [-0.39, 0.29) is 11.6 Å². The fourth-order valence-corrected chi connectivity index (χ4v) is 5.01. The first kappa shape index (κ1) is 27.3. The van der Waals surface area contributed by atoms with Crippen LogP contribution < -0.4 is 4.74 Å². The van der Waals surface area contributed by atoms with E-state index in [9.17, 15) is 13.2 Å². The predicted octanol–water partition coefficient (Wildman–Crippen LogP) is 6.54. The Morgan fingerprint density at radius 1 is 1.03 bits per heavy atom. The maximum absolute atomic E-state index is 14.1. The first-order valence-corrected chi connectivity index (χ1v) is 13.1. The van der Waals surface area contributed by atoms with Gasteiger partial charge in [0.1, 0.15) is 29.0 Å². The molecular formula is C28H40F3N3O. The highest BCUT2D eigenvalue weighted by atomic mass is 19.1. The monoisotopic (exact) mass is 491 g/mol. The van der Waals surface area contributed by atoms with E-state index in [1.165, 1.54) is 12.1 Å². The molecule has 1 atom stereocenters. The average molecular weight is 492 g/mol. The Balaban J connectivity index is 0.00000167. The van der Waals surface area contributed by atoms with Gasteiger partial charge in [0.15, 0.2) is 0 Å². The molecule has 1 unspecified atom stereocenters. The van der Waals surface area contributed by atoms with Crippen LogP contribution in [0.3, 0.4) is 0 Å². The van der Waals surface area contributed by atoms with Crippen LogP contribution in [0.4, 0.5) is 13.2 Å². The second-order valence-corrected chi connectivity index (χ2v) is 9.48. The van der Waals surface area contributed by atoms with Gasteiger partial charge in [0.2, 0.25) is 0 Å². The van der Waals surface area contributed by atoms with Gasteiger partial charge in [-0.3, -0.25) is 9.89 Å². The first-order valence-electron chi connectivity index (χ1n) is 13.1. The molecule has 0 aliphatic carbocycles. The van der Waals surface area contributed by atoms with Crippen molar-refractivity contribution < 1.29 is 17.9 Å². The maximum atomic E-state index is 14.1. The van der Waals surface area contributed by atoms with Gasteiger partial charge in [-0.05, 0) is 82.2 Å². The van der Waals surface area contributed by atoms with Crippen LogP contribution in [-0.2, 0) is 0 Å². The van der Waals surface area contributed by atoms with Crippen LogP contribution in [0.25, 0.3) is 0 Å². The van der Waals surface area contributed by atoms with Crippen molar-refractivity contribution in [3.05, 3.63) is 53.4 Å². The summed E-state index contributed by atoms with van der Waals surface area (Å²) in [6.45, 7) is 10.6. The Bertz CT molecular complexity index is 886. The molecule has 0 spiro atoms. The number of ether oxygens (including phenoxy) is 1. The number of likely N-dealkylation sites (tertiary alicyclic amines) is 1. The van der Waals surface area contributed by atoms with Crippen molar-refractivity contribution in [2.75, 3.05) is 39.3 Å². The molecule has 0 saturated carbocycles. The van der Waals surface area contributed by atoms with Gasteiger partial charge in [-0.15, -0.1) is 0 Å². The molecule has 0 radical (unpaired) electrons. The van der Waals surface area contributed by atoms with Gasteiger partial charge in [0.05, 0.1) is 19.7 Å². The van der Waals surface area contributed by atoms with Gasteiger partial charge in [-0.2, -0.15) is 0 Å². The van der Waals surface area contributed by atoms with Crippen LogP contribution in [0.1, 0.15) is 59.3 Å². The molecule has 1 aromatic rings. The van der Waals surface area contributed by atoms with Gasteiger partial charge in [0.25, 0.3) is 0 Å². The van der Waals surface area contributed by atoms with E-state index in [4.69, 9.17) is 9.73 Å². The highest BCUT2D eigenvalue weighted by Crippen LogP contribution is 2.26. The standard InChI is InChI=1S/C26H34F3N3O.C2H6/c1-19-3-2-4-21-13-22(27)5-9-30-26(32(19)17-21)18-31-10-6-20(7-11-31)8-12-33-25-15-23(28)14-24(29)16-25;1-2/h5,13-16,19-20H,2-4,6-12,17-18H2,1H3;1-2H3/b21-13-,22-5+,30-26?;. The van der Waals surface area contributed by atoms with Crippen LogP contribution in [0.5, 0.6) is 5.75 Å². The zero-order valence-corrected chi connectivity index (χ0v) is 21.4. The zero-order valence-electron chi connectivity index (χ0n) is 21.4. The van der Waals surface area contributed by atoms with E-state index in [1.54, 1.807) is 12.2 Å². The van der Waals surface area contributed by atoms with Crippen molar-refractivity contribution in [2.24, 2.45) is 10.9 Å². The molecule has 0 aromatic heterocycles. The molecule has 194 valence electrons. The second-order valence-electron chi connectivity index (χ2n) is 9.48. The predicted molar refractivity (Wildman–Crippen MR) is 137 cm³/mol. The summed E-state index contributed by atoms with van der Waals surface area (Å²) >= 11 is 0. The highest BCUT2D eigenvalue weighted by Gasteiger charge is 2.26. The second kappa shape index (κ2) is 13.7. The number of rotatable bonds is 6. The van der Waals surface area contributed by atoms with Crippen molar-refractivity contribution in [2.45, 2.75) is 65.3 Å². The maximum Gasteiger partial charge on any atom is 0.129 e. The van der Waals surface area contributed by atoms with E-state index < -0.39 is 11.6 Å². The van der Waals surface area contributed by atoms with Crippen LogP contribution in [0, 0.1) is 17.6 Å². The minimum Gasteiger partial charge on any atom is -0.493 e. The van der Waals surface area contributed by atoms with Gasteiger partial charge >= 0.3 is 0 Å². The Morgan fingerprint density at radius 2 is 1.74 bits per heavy atom. The molecule has 0 N–H and O–H groups in total. The lowest BCUT2D eigenvalue weighted by Crippen LogP contribution is -2.47. The Morgan fingerprint density at radius 3 is 2.46 bits per heavy atom. The number of allylic oxidation sites excluding steroid dienone is 2. The lowest BCUT2D eigenvalue weighted by molar-refractivity contribution is 0.173. The van der Waals surface area contributed by atoms with Crippen LogP contribution in [0.15, 0.2) is 46.7 Å². The van der Waals surface area contributed by atoms with Gasteiger partial charge in [0, 0.05) is 30.8 Å². The molecule has 4 nitrogen and oxygen atoms in total. The number of aliphatic imine (C=N–C) groups is 1. The van der Waals surface area contributed by atoms with E-state index >= 15 is 0 Å². The smallest absolute Gasteiger partial charge is 0.129 e. The van der Waals surface area contributed by atoms with E-state index in [0.29, 0.717) is 25.1 Å². The third-order valence-electron chi connectivity index (χ3n) is 6.96. The van der Waals surface area contributed by atoms with Crippen molar-refractivity contribution in [3.8, 4) is 5.75 Å². The SMILES string of the molecule is CC.CC1CCC/C2=C/C(F)=C\CN=C(CN3CCC(CCOc4cc(F)cc(F)c4)CC3)N1C2. The normalized spacial score (nSPS) is 24.8. The van der Waals surface area contributed by atoms with Crippen molar-refractivity contribution in [1.29, 1.82) is 0 Å². The third-order valence-corrected chi connectivity index (χ3v) is 6.96. The summed E-state index contributed by atoms with van der Waals surface area (Å²) in [7, 11) is 0. The summed E-state index contributed by atoms with van der Waals surface area (Å²) in [5.74, 6) is 0.431. The molecular weight excluding hydrogens is 451 g/mol. The van der Waals surface area contributed by atoms with E-state index in [2.05, 4.69) is 16.7 Å². The minimum absolute atomic E-state index is 0.173. The number of piperidine rings is 1. The fraction of sp³-hybridized carbons (Fsp3) is 0.607. The molecule has 7 heteroatoms. The fourth-order valence-electron chi connectivity index (χ4n) is 5.01. The molecule has 3 heterocycles. The van der Waals surface area contributed by atoms with Crippen LogP contribution in [-0.4, -0.2) is 61.0 Å². The molecule has 3 aliphatic rings. The zero-order chi connectivity index (χ0) is 25.2. The summed E-state index contributed by atoms with van der Waals surface area (Å²) in [5.41, 5.74) is 1.15. The lowest BCUT2D eigenvalue weighted by atomic mass is 9.94. The Kier molecular flexibility index (Phi) is 10.7. The average Bonchev–Trinajstić information content (AvgIpc) is 2.96. The van der Waals surface area contributed by atoms with E-state index in [1.807, 2.05) is 13.8 Å². The molecule has 4 rings (SSSR count). The first-order chi connectivity index (χ1) is 17.0. The summed E-state index contributed by atoms with van der Waals surface area (Å²) in [5, 5.41) is 0. The van der Waals surface area contributed by atoms with E-state index in [0.717, 1.165) is 82.2 Å². The molecule has 0 amide bonds. The van der Waals surface area contributed by atoms with Gasteiger partial charge in [-0.25, -0.2) is 13.2 Å². The summed E-state index contributed by atoms with van der Waals surface area (Å²) in [4.78, 5) is 9.61. The number of hydrogen-bond acceptors (Lipinski definition) is 4. The number of hydrogen-bond donors (Lipinski definition) is 0. The van der Waals surface area contributed by atoms with Crippen LogP contribution >= 0.6 is 0 Å². The quantitative estimate of drug-likeness (QED) is 0.452. The molecule has 35 heavy (non-hydrogen) atoms. The van der Waals surface area contributed by atoms with Crippen molar-refractivity contribution >= 4 is 5.84 Å². The number of amidine groups is 1. The number of benzene rings is 1. The summed E-state index contributed by atoms with van der Waals surface area (Å²) in [6, 6.07) is 3.68. The third kappa shape index (κ3) is 8.41. The minimum atomic E-state index is -0.620. The molecule has 2 bridgehead atoms. The molecule has 3 aliphatic heterocycles. The Labute approximate surface area is 208 Å². The number of halogens is 3. The van der Waals surface area contributed by atoms with Crippen molar-refractivity contribution in [3.63, 3.8) is 0 Å². The van der Waals surface area contributed by atoms with Crippen molar-refractivity contribution in [1.82, 2.24) is 9.80 Å². The highest BCUT2D eigenvalue weighted by molar-refractivity contribution is 5.85. The molecule has 1 aromatic carbocycles. The molecule has 2 fully saturated rings.